The molecule has 0 unspecified atom stereocenters. The SMILES string of the molecule is CN/C=C(\C=N)c1ccc(N)c(N(N)Cc2ccc3c(n2)N3SC)n1. The van der Waals surface area contributed by atoms with Crippen LogP contribution >= 0.6 is 11.9 Å². The third kappa shape index (κ3) is 3.37. The summed E-state index contributed by atoms with van der Waals surface area (Å²) in [5, 5.41) is 11.9. The number of rotatable bonds is 7. The van der Waals surface area contributed by atoms with E-state index < -0.39 is 0 Å². The fraction of sp³-hybridized carbons (Fsp3) is 0.188. The van der Waals surface area contributed by atoms with Gasteiger partial charge in [-0.2, -0.15) is 0 Å². The molecule has 0 saturated heterocycles. The summed E-state index contributed by atoms with van der Waals surface area (Å²) in [4.78, 5) is 9.07. The number of pyridine rings is 2. The van der Waals surface area contributed by atoms with Gasteiger partial charge in [0.25, 0.3) is 0 Å². The van der Waals surface area contributed by atoms with E-state index >= 15 is 0 Å². The lowest BCUT2D eigenvalue weighted by molar-refractivity contribution is 0.813. The number of hydrogen-bond donors (Lipinski definition) is 4. The van der Waals surface area contributed by atoms with Gasteiger partial charge in [-0.1, -0.05) is 0 Å². The van der Waals surface area contributed by atoms with E-state index in [1.807, 2.05) is 18.4 Å². The van der Waals surface area contributed by atoms with E-state index in [0.717, 1.165) is 17.2 Å². The monoisotopic (exact) mass is 356 g/mol. The molecule has 8 nitrogen and oxygen atoms in total. The zero-order chi connectivity index (χ0) is 18.0. The van der Waals surface area contributed by atoms with Crippen LogP contribution in [-0.4, -0.2) is 29.5 Å². The minimum Gasteiger partial charge on any atom is -0.396 e. The third-order valence-electron chi connectivity index (χ3n) is 3.72. The minimum absolute atomic E-state index is 0.381. The zero-order valence-corrected chi connectivity index (χ0v) is 14.8. The van der Waals surface area contributed by atoms with E-state index in [2.05, 4.69) is 19.6 Å². The summed E-state index contributed by atoms with van der Waals surface area (Å²) < 4.78 is 2.05. The van der Waals surface area contributed by atoms with Crippen molar-refractivity contribution in [1.29, 1.82) is 5.41 Å². The Hall–Kier alpha value is -2.78. The van der Waals surface area contributed by atoms with Crippen LogP contribution in [0.15, 0.2) is 30.5 Å². The molecular weight excluding hydrogens is 336 g/mol. The molecule has 2 aromatic heterocycles. The molecule has 9 heteroatoms. The quantitative estimate of drug-likeness (QED) is 0.195. The first-order chi connectivity index (χ1) is 12.1. The van der Waals surface area contributed by atoms with Crippen molar-refractivity contribution in [3.05, 3.63) is 41.9 Å². The van der Waals surface area contributed by atoms with Crippen molar-refractivity contribution in [2.24, 2.45) is 5.84 Å². The van der Waals surface area contributed by atoms with Gasteiger partial charge < -0.3 is 16.5 Å². The first-order valence-corrected chi connectivity index (χ1v) is 8.78. The maximum atomic E-state index is 7.51. The second kappa shape index (κ2) is 6.99. The van der Waals surface area contributed by atoms with Gasteiger partial charge in [0.05, 0.1) is 29.3 Å². The van der Waals surface area contributed by atoms with Crippen LogP contribution < -0.4 is 26.2 Å². The van der Waals surface area contributed by atoms with Gasteiger partial charge >= 0.3 is 0 Å². The largest absolute Gasteiger partial charge is 0.396 e. The van der Waals surface area contributed by atoms with Gasteiger partial charge in [-0.05, 0) is 36.2 Å². The lowest BCUT2D eigenvalue weighted by Crippen LogP contribution is -2.32. The van der Waals surface area contributed by atoms with Crippen LogP contribution in [0.25, 0.3) is 5.57 Å². The Kier molecular flexibility index (Phi) is 4.77. The molecule has 0 amide bonds. The fourth-order valence-electron chi connectivity index (χ4n) is 2.46. The maximum Gasteiger partial charge on any atom is 0.168 e. The molecule has 0 saturated carbocycles. The van der Waals surface area contributed by atoms with Crippen molar-refractivity contribution in [3.8, 4) is 0 Å². The smallest absolute Gasteiger partial charge is 0.168 e. The Morgan fingerprint density at radius 1 is 1.36 bits per heavy atom. The van der Waals surface area contributed by atoms with Crippen molar-refractivity contribution < 1.29 is 0 Å². The van der Waals surface area contributed by atoms with Gasteiger partial charge in [0, 0.05) is 31.3 Å². The van der Waals surface area contributed by atoms with Gasteiger partial charge in [-0.15, -0.1) is 0 Å². The fourth-order valence-corrected chi connectivity index (χ4v) is 3.07. The van der Waals surface area contributed by atoms with Gasteiger partial charge in [-0.3, -0.25) is 9.31 Å². The molecule has 0 atom stereocenters. The Bertz CT molecular complexity index is 835. The van der Waals surface area contributed by atoms with Crippen LogP contribution in [0.5, 0.6) is 0 Å². The minimum atomic E-state index is 0.381. The molecule has 0 aliphatic carbocycles. The van der Waals surface area contributed by atoms with Crippen molar-refractivity contribution in [2.45, 2.75) is 6.54 Å². The van der Waals surface area contributed by atoms with Gasteiger partial charge in [0.15, 0.2) is 11.6 Å². The van der Waals surface area contributed by atoms with Crippen LogP contribution in [0.3, 0.4) is 0 Å². The molecule has 130 valence electrons. The van der Waals surface area contributed by atoms with Crippen LogP contribution in [0.4, 0.5) is 23.0 Å². The lowest BCUT2D eigenvalue weighted by atomic mass is 10.2. The number of allylic oxidation sites excluding steroid dienone is 1. The molecule has 0 radical (unpaired) electrons. The molecule has 3 heterocycles. The predicted molar refractivity (Wildman–Crippen MR) is 105 cm³/mol. The number of fused-ring (bicyclic) bond motifs is 1. The number of nitrogens with one attached hydrogen (secondary N) is 2. The van der Waals surface area contributed by atoms with E-state index in [-0.39, 0.29) is 0 Å². The Balaban J connectivity index is 1.82. The average Bonchev–Trinajstić information content (AvgIpc) is 3.32. The molecule has 1 aliphatic heterocycles. The van der Waals surface area contributed by atoms with E-state index in [4.69, 9.17) is 17.0 Å². The number of hydrazine groups is 1. The van der Waals surface area contributed by atoms with E-state index in [1.54, 1.807) is 37.3 Å². The predicted octanol–water partition coefficient (Wildman–Crippen LogP) is 1.88. The van der Waals surface area contributed by atoms with E-state index in [0.29, 0.717) is 29.3 Å². The number of anilines is 4. The van der Waals surface area contributed by atoms with Crippen LogP contribution in [0.2, 0.25) is 0 Å². The van der Waals surface area contributed by atoms with Crippen molar-refractivity contribution in [3.63, 3.8) is 0 Å². The maximum absolute atomic E-state index is 7.51. The summed E-state index contributed by atoms with van der Waals surface area (Å²) in [6.07, 6.45) is 4.93. The number of hydrogen-bond acceptors (Lipinski definition) is 9. The highest BCUT2D eigenvalue weighted by molar-refractivity contribution is 8.00. The molecule has 0 aromatic carbocycles. The van der Waals surface area contributed by atoms with Gasteiger partial charge in [0.1, 0.15) is 0 Å². The summed E-state index contributed by atoms with van der Waals surface area (Å²) in [5.41, 5.74) is 9.72. The molecular formula is C16H20N8S. The number of nitrogens with zero attached hydrogens (tertiary/aromatic N) is 4. The summed E-state index contributed by atoms with van der Waals surface area (Å²) in [6.45, 7) is 0.381. The van der Waals surface area contributed by atoms with Crippen LogP contribution in [-0.2, 0) is 6.54 Å². The Morgan fingerprint density at radius 2 is 2.16 bits per heavy atom. The Labute approximate surface area is 150 Å². The van der Waals surface area contributed by atoms with E-state index in [9.17, 15) is 0 Å². The standard InChI is InChI=1S/C16H20N8S/c1-20-8-10(7-17)13-5-4-12(18)15(22-13)23(19)9-11-3-6-14-16(21-11)24(14)25-2/h3-8,17,20H,9,18-19H2,1-2H3/b10-8+,17-7?. The van der Waals surface area contributed by atoms with Crippen molar-refractivity contribution in [1.82, 2.24) is 15.3 Å². The molecule has 0 spiro atoms. The second-order valence-corrected chi connectivity index (χ2v) is 6.12. The summed E-state index contributed by atoms with van der Waals surface area (Å²) in [5.74, 6) is 7.61. The number of nitrogen functional groups attached to an aromatic ring is 1. The van der Waals surface area contributed by atoms with Crippen molar-refractivity contribution >= 4 is 46.7 Å². The second-order valence-electron chi connectivity index (χ2n) is 5.39. The Morgan fingerprint density at radius 3 is 2.84 bits per heavy atom. The molecule has 3 rings (SSSR count). The van der Waals surface area contributed by atoms with E-state index in [1.165, 1.54) is 11.2 Å². The molecule has 2 aromatic rings. The summed E-state index contributed by atoms with van der Waals surface area (Å²) in [7, 11) is 1.77. The molecule has 0 fully saturated rings. The number of nitrogens with two attached hydrogens (primary N) is 2. The van der Waals surface area contributed by atoms with Crippen molar-refractivity contribution in [2.75, 3.05) is 28.4 Å². The molecule has 1 aliphatic rings. The topological polar surface area (TPSA) is 120 Å². The van der Waals surface area contributed by atoms with Gasteiger partial charge in [-0.25, -0.2) is 15.8 Å². The summed E-state index contributed by atoms with van der Waals surface area (Å²) >= 11 is 1.62. The highest BCUT2D eigenvalue weighted by Gasteiger charge is 2.31. The molecule has 0 bridgehead atoms. The normalized spacial score (nSPS) is 12.6. The third-order valence-corrected chi connectivity index (χ3v) is 4.45. The highest BCUT2D eigenvalue weighted by atomic mass is 32.2. The lowest BCUT2D eigenvalue weighted by Gasteiger charge is -2.19. The van der Waals surface area contributed by atoms with Crippen LogP contribution in [0, 0.1) is 5.41 Å². The first kappa shape index (κ1) is 17.1. The summed E-state index contributed by atoms with van der Waals surface area (Å²) in [6, 6.07) is 7.47. The van der Waals surface area contributed by atoms with Crippen LogP contribution in [0.1, 0.15) is 11.4 Å². The highest BCUT2D eigenvalue weighted by Crippen LogP contribution is 2.50. The number of aromatic nitrogens is 2. The molecule has 6 N–H and O–H groups in total. The van der Waals surface area contributed by atoms with Gasteiger partial charge in [0.2, 0.25) is 0 Å². The first-order valence-electron chi connectivity index (χ1n) is 7.60. The molecule has 25 heavy (non-hydrogen) atoms. The average molecular weight is 356 g/mol. The zero-order valence-electron chi connectivity index (χ0n) is 14.0.